The SMILES string of the molecule is CCOc1ccc([N+](=O)[O-])cc1C1=CC(C)(C(=O)O)CC(C(=O)O)=C1Br. The van der Waals surface area contributed by atoms with Crippen LogP contribution in [0.4, 0.5) is 5.69 Å². The number of nitrogens with zero attached hydrogens (tertiary/aromatic N) is 1. The van der Waals surface area contributed by atoms with E-state index in [9.17, 15) is 29.9 Å². The minimum atomic E-state index is -1.48. The minimum Gasteiger partial charge on any atom is -0.493 e. The van der Waals surface area contributed by atoms with Gasteiger partial charge in [-0.25, -0.2) is 4.79 Å². The van der Waals surface area contributed by atoms with Crippen molar-refractivity contribution in [2.75, 3.05) is 6.61 Å². The van der Waals surface area contributed by atoms with E-state index in [4.69, 9.17) is 4.74 Å². The van der Waals surface area contributed by atoms with Gasteiger partial charge in [0.05, 0.1) is 22.5 Å². The summed E-state index contributed by atoms with van der Waals surface area (Å²) in [5.74, 6) is -2.17. The molecule has 0 aromatic heterocycles. The molecule has 9 heteroatoms. The number of aliphatic carboxylic acids is 2. The Balaban J connectivity index is 2.78. The summed E-state index contributed by atoms with van der Waals surface area (Å²) in [4.78, 5) is 33.8. The zero-order valence-corrected chi connectivity index (χ0v) is 15.6. The maximum atomic E-state index is 11.7. The highest BCUT2D eigenvalue weighted by Gasteiger charge is 2.40. The second-order valence-corrected chi connectivity index (χ2v) is 6.72. The summed E-state index contributed by atoms with van der Waals surface area (Å²) in [6.45, 7) is 3.41. The summed E-state index contributed by atoms with van der Waals surface area (Å²) in [5, 5.41) is 30.1. The quantitative estimate of drug-likeness (QED) is 0.526. The van der Waals surface area contributed by atoms with E-state index in [1.54, 1.807) is 6.92 Å². The number of benzene rings is 1. The molecule has 0 aliphatic heterocycles. The lowest BCUT2D eigenvalue weighted by atomic mass is 9.76. The topological polar surface area (TPSA) is 127 Å². The van der Waals surface area contributed by atoms with Crippen molar-refractivity contribution in [2.45, 2.75) is 20.3 Å². The Bertz CT molecular complexity index is 859. The lowest BCUT2D eigenvalue weighted by molar-refractivity contribution is -0.384. The third-order valence-corrected chi connectivity index (χ3v) is 4.92. The molecule has 0 heterocycles. The van der Waals surface area contributed by atoms with Crippen LogP contribution in [0, 0.1) is 15.5 Å². The van der Waals surface area contributed by atoms with Crippen LogP contribution in [-0.2, 0) is 9.59 Å². The summed E-state index contributed by atoms with van der Waals surface area (Å²) in [6, 6.07) is 3.92. The number of carbonyl (C=O) groups is 2. The molecule has 138 valence electrons. The van der Waals surface area contributed by atoms with E-state index in [0.29, 0.717) is 5.75 Å². The number of allylic oxidation sites excluding steroid dienone is 2. The van der Waals surface area contributed by atoms with Gasteiger partial charge in [0.15, 0.2) is 0 Å². The van der Waals surface area contributed by atoms with Gasteiger partial charge in [0, 0.05) is 28.6 Å². The molecule has 1 aromatic carbocycles. The van der Waals surface area contributed by atoms with Gasteiger partial charge in [-0.05, 0) is 41.4 Å². The zero-order valence-electron chi connectivity index (χ0n) is 14.0. The number of non-ortho nitro benzene ring substituents is 1. The van der Waals surface area contributed by atoms with Crippen LogP contribution in [0.25, 0.3) is 5.57 Å². The molecule has 0 saturated carbocycles. The summed E-state index contributed by atoms with van der Waals surface area (Å²) in [5.41, 5.74) is -1.34. The fourth-order valence-corrected chi connectivity index (χ4v) is 3.30. The standard InChI is InChI=1S/C17H16BrNO7/c1-3-26-13-5-4-9(19(24)25)6-10(13)11-7-17(2,16(22)23)8-12(14(11)18)15(20)21/h4-7H,3,8H2,1-2H3,(H,20,21)(H,22,23). The van der Waals surface area contributed by atoms with Crippen LogP contribution in [0.15, 0.2) is 34.3 Å². The van der Waals surface area contributed by atoms with E-state index in [2.05, 4.69) is 15.9 Å². The summed E-state index contributed by atoms with van der Waals surface area (Å²) in [7, 11) is 0. The fraction of sp³-hybridized carbons (Fsp3) is 0.294. The number of nitro groups is 1. The maximum absolute atomic E-state index is 11.7. The molecule has 1 atom stereocenters. The van der Waals surface area contributed by atoms with Crippen LogP contribution < -0.4 is 4.74 Å². The van der Waals surface area contributed by atoms with Crippen molar-refractivity contribution in [1.29, 1.82) is 0 Å². The minimum absolute atomic E-state index is 0.124. The average molecular weight is 426 g/mol. The van der Waals surface area contributed by atoms with Gasteiger partial charge in [-0.1, -0.05) is 6.08 Å². The van der Waals surface area contributed by atoms with Crippen LogP contribution in [-0.4, -0.2) is 33.7 Å². The van der Waals surface area contributed by atoms with Gasteiger partial charge in [-0.2, -0.15) is 0 Å². The molecule has 0 amide bonds. The van der Waals surface area contributed by atoms with Crippen molar-refractivity contribution in [2.24, 2.45) is 5.41 Å². The van der Waals surface area contributed by atoms with Crippen LogP contribution in [0.1, 0.15) is 25.8 Å². The van der Waals surface area contributed by atoms with E-state index < -0.39 is 22.3 Å². The number of rotatable bonds is 6. The highest BCUT2D eigenvalue weighted by molar-refractivity contribution is 9.12. The molecule has 0 radical (unpaired) electrons. The van der Waals surface area contributed by atoms with Crippen molar-refractivity contribution in [3.63, 3.8) is 0 Å². The van der Waals surface area contributed by atoms with Gasteiger partial charge in [0.2, 0.25) is 0 Å². The molecule has 8 nitrogen and oxygen atoms in total. The molecule has 0 fully saturated rings. The Kier molecular flexibility index (Phi) is 5.50. The molecule has 1 unspecified atom stereocenters. The molecule has 26 heavy (non-hydrogen) atoms. The van der Waals surface area contributed by atoms with E-state index in [1.165, 1.54) is 31.2 Å². The van der Waals surface area contributed by atoms with Crippen LogP contribution in [0.2, 0.25) is 0 Å². The molecule has 2 rings (SSSR count). The molecule has 2 N–H and O–H groups in total. The van der Waals surface area contributed by atoms with Gasteiger partial charge >= 0.3 is 11.9 Å². The summed E-state index contributed by atoms with van der Waals surface area (Å²) in [6.07, 6.45) is 1.17. The first-order valence-corrected chi connectivity index (χ1v) is 8.40. The molecule has 1 aliphatic rings. The first-order valence-electron chi connectivity index (χ1n) is 7.61. The van der Waals surface area contributed by atoms with Gasteiger partial charge < -0.3 is 14.9 Å². The van der Waals surface area contributed by atoms with Gasteiger partial charge in [-0.15, -0.1) is 0 Å². The summed E-state index contributed by atoms with van der Waals surface area (Å²) < 4.78 is 5.67. The maximum Gasteiger partial charge on any atom is 0.332 e. The van der Waals surface area contributed by atoms with Gasteiger partial charge in [0.1, 0.15) is 5.75 Å². The summed E-state index contributed by atoms with van der Waals surface area (Å²) >= 11 is 3.22. The number of nitro benzene ring substituents is 1. The highest BCUT2D eigenvalue weighted by Crippen LogP contribution is 2.46. The predicted molar refractivity (Wildman–Crippen MR) is 96.2 cm³/mol. The molecule has 1 aliphatic carbocycles. The molecule has 0 bridgehead atoms. The Hall–Kier alpha value is -2.68. The zero-order chi connectivity index (χ0) is 19.6. The van der Waals surface area contributed by atoms with Crippen molar-refractivity contribution >= 4 is 39.1 Å². The van der Waals surface area contributed by atoms with Crippen molar-refractivity contribution < 1.29 is 29.5 Å². The van der Waals surface area contributed by atoms with E-state index in [0.717, 1.165) is 0 Å². The van der Waals surface area contributed by atoms with E-state index in [-0.39, 0.29) is 39.9 Å². The number of carboxylic acids is 2. The number of ether oxygens (including phenoxy) is 1. The lowest BCUT2D eigenvalue weighted by Crippen LogP contribution is -2.30. The first-order chi connectivity index (χ1) is 12.1. The second-order valence-electron chi connectivity index (χ2n) is 5.93. The van der Waals surface area contributed by atoms with Gasteiger partial charge in [-0.3, -0.25) is 14.9 Å². The normalized spacial score (nSPS) is 19.7. The predicted octanol–water partition coefficient (Wildman–Crippen LogP) is 3.61. The molecule has 1 aromatic rings. The van der Waals surface area contributed by atoms with E-state index >= 15 is 0 Å². The molecule has 0 saturated heterocycles. The largest absolute Gasteiger partial charge is 0.493 e. The first kappa shape index (κ1) is 19.6. The van der Waals surface area contributed by atoms with Crippen LogP contribution in [0.3, 0.4) is 0 Å². The molecular formula is C17H16BrNO7. The number of hydrogen-bond donors (Lipinski definition) is 2. The Labute approximate surface area is 157 Å². The van der Waals surface area contributed by atoms with Gasteiger partial charge in [0.25, 0.3) is 5.69 Å². The second kappa shape index (κ2) is 7.28. The fourth-order valence-electron chi connectivity index (χ4n) is 2.67. The van der Waals surface area contributed by atoms with E-state index in [1.807, 2.05) is 0 Å². The molecule has 0 spiro atoms. The highest BCUT2D eigenvalue weighted by atomic mass is 79.9. The number of carboxylic acid groups (broad SMARTS) is 2. The Morgan fingerprint density at radius 2 is 2.04 bits per heavy atom. The van der Waals surface area contributed by atoms with Crippen molar-refractivity contribution in [1.82, 2.24) is 0 Å². The molecular weight excluding hydrogens is 410 g/mol. The number of hydrogen-bond acceptors (Lipinski definition) is 5. The smallest absolute Gasteiger partial charge is 0.332 e. The monoisotopic (exact) mass is 425 g/mol. The van der Waals surface area contributed by atoms with Crippen LogP contribution >= 0.6 is 15.9 Å². The number of halogens is 1. The Morgan fingerprint density at radius 1 is 1.38 bits per heavy atom. The average Bonchev–Trinajstić information content (AvgIpc) is 2.57. The third kappa shape index (κ3) is 3.62. The van der Waals surface area contributed by atoms with Crippen molar-refractivity contribution in [3.05, 3.63) is 50.0 Å². The van der Waals surface area contributed by atoms with Crippen LogP contribution in [0.5, 0.6) is 5.75 Å². The lowest BCUT2D eigenvalue weighted by Gasteiger charge is -2.29. The van der Waals surface area contributed by atoms with Crippen molar-refractivity contribution in [3.8, 4) is 5.75 Å². The third-order valence-electron chi connectivity index (χ3n) is 4.02. The Morgan fingerprint density at radius 3 is 2.54 bits per heavy atom.